The molecule has 1 spiro atoms. The van der Waals surface area contributed by atoms with Gasteiger partial charge in [-0.15, -0.1) is 11.3 Å². The summed E-state index contributed by atoms with van der Waals surface area (Å²) >= 11 is 1.68. The Morgan fingerprint density at radius 3 is 3.14 bits per heavy atom. The molecule has 3 aliphatic rings. The van der Waals surface area contributed by atoms with Crippen molar-refractivity contribution in [3.8, 4) is 0 Å². The van der Waals surface area contributed by atoms with Gasteiger partial charge in [0.1, 0.15) is 5.54 Å². The number of ether oxygens (including phenoxy) is 1. The second kappa shape index (κ2) is 4.81. The number of fused-ring (bicyclic) bond motifs is 2. The van der Waals surface area contributed by atoms with E-state index in [1.165, 1.54) is 9.78 Å². The van der Waals surface area contributed by atoms with Crippen molar-refractivity contribution in [1.29, 1.82) is 0 Å². The number of nitrogens with one attached hydrogen (secondary N) is 1. The van der Waals surface area contributed by atoms with Crippen molar-refractivity contribution in [3.05, 3.63) is 21.9 Å². The number of hydrogen-bond donors (Lipinski definition) is 1. The normalized spacial score (nSPS) is 31.8. The van der Waals surface area contributed by atoms with Crippen molar-refractivity contribution in [2.24, 2.45) is 0 Å². The number of carbonyl (C=O) groups is 2. The molecule has 3 amide bonds. The van der Waals surface area contributed by atoms with Crippen LogP contribution in [0.1, 0.15) is 36.1 Å². The van der Waals surface area contributed by atoms with E-state index in [-0.39, 0.29) is 18.0 Å². The molecule has 0 saturated carbocycles. The van der Waals surface area contributed by atoms with E-state index < -0.39 is 5.54 Å². The van der Waals surface area contributed by atoms with Gasteiger partial charge in [0, 0.05) is 17.0 Å². The van der Waals surface area contributed by atoms with Gasteiger partial charge in [-0.2, -0.15) is 0 Å². The van der Waals surface area contributed by atoms with Gasteiger partial charge in [0.15, 0.2) is 0 Å². The average molecular weight is 306 g/mol. The van der Waals surface area contributed by atoms with E-state index >= 15 is 0 Å². The third-order valence-corrected chi connectivity index (χ3v) is 5.73. The largest absolute Gasteiger partial charge is 0.376 e. The molecule has 0 unspecified atom stereocenters. The molecule has 0 radical (unpaired) electrons. The highest BCUT2D eigenvalue weighted by molar-refractivity contribution is 7.10. The fourth-order valence-corrected chi connectivity index (χ4v) is 4.70. The maximum Gasteiger partial charge on any atom is 0.325 e. The van der Waals surface area contributed by atoms with Crippen LogP contribution in [0.4, 0.5) is 4.79 Å². The van der Waals surface area contributed by atoms with Crippen LogP contribution in [-0.2, 0) is 21.5 Å². The number of amides is 3. The van der Waals surface area contributed by atoms with Gasteiger partial charge in [0.05, 0.1) is 12.6 Å². The number of imide groups is 1. The Labute approximate surface area is 127 Å². The lowest BCUT2D eigenvalue weighted by Crippen LogP contribution is -2.46. The standard InChI is InChI=1S/C15H18N2O3S/c18-13-15(6-1-4-12-11(15)5-8-21-12)16-14(19)17(13)9-10-3-2-7-20-10/h5,8,10H,1-4,6-7,9H2,(H,16,19)/t10-,15+/m0/s1. The van der Waals surface area contributed by atoms with Gasteiger partial charge in [-0.25, -0.2) is 4.79 Å². The summed E-state index contributed by atoms with van der Waals surface area (Å²) < 4.78 is 5.57. The lowest BCUT2D eigenvalue weighted by Gasteiger charge is -2.31. The summed E-state index contributed by atoms with van der Waals surface area (Å²) in [5.41, 5.74) is 0.190. The van der Waals surface area contributed by atoms with Crippen LogP contribution in [0, 0.1) is 0 Å². The predicted molar refractivity (Wildman–Crippen MR) is 78.2 cm³/mol. The van der Waals surface area contributed by atoms with E-state index in [9.17, 15) is 9.59 Å². The molecule has 1 aliphatic carbocycles. The Morgan fingerprint density at radius 2 is 2.33 bits per heavy atom. The van der Waals surface area contributed by atoms with E-state index in [4.69, 9.17) is 4.74 Å². The number of hydrogen-bond acceptors (Lipinski definition) is 4. The predicted octanol–water partition coefficient (Wildman–Crippen LogP) is 2.01. The quantitative estimate of drug-likeness (QED) is 0.850. The summed E-state index contributed by atoms with van der Waals surface area (Å²) in [4.78, 5) is 27.8. The number of thiophene rings is 1. The fourth-order valence-electron chi connectivity index (χ4n) is 3.70. The first-order chi connectivity index (χ1) is 10.2. The van der Waals surface area contributed by atoms with Gasteiger partial charge in [-0.1, -0.05) is 0 Å². The maximum atomic E-state index is 12.9. The highest BCUT2D eigenvalue weighted by Gasteiger charge is 2.54. The average Bonchev–Trinajstić information content (AvgIpc) is 3.18. The molecule has 2 aliphatic heterocycles. The van der Waals surface area contributed by atoms with Crippen molar-refractivity contribution < 1.29 is 14.3 Å². The number of nitrogens with zero attached hydrogens (tertiary/aromatic N) is 1. The van der Waals surface area contributed by atoms with Crippen LogP contribution in [0.2, 0.25) is 0 Å². The van der Waals surface area contributed by atoms with Crippen LogP contribution in [0.25, 0.3) is 0 Å². The molecule has 1 N–H and O–H groups in total. The van der Waals surface area contributed by atoms with Gasteiger partial charge in [0.25, 0.3) is 5.91 Å². The van der Waals surface area contributed by atoms with Crippen LogP contribution >= 0.6 is 11.3 Å². The number of rotatable bonds is 2. The Kier molecular flexibility index (Phi) is 3.04. The molecule has 2 atom stereocenters. The van der Waals surface area contributed by atoms with Crippen molar-refractivity contribution in [2.45, 2.75) is 43.7 Å². The van der Waals surface area contributed by atoms with Crippen molar-refractivity contribution in [3.63, 3.8) is 0 Å². The molecule has 0 bridgehead atoms. The summed E-state index contributed by atoms with van der Waals surface area (Å²) in [6.45, 7) is 1.11. The summed E-state index contributed by atoms with van der Waals surface area (Å²) in [6, 6.07) is 1.72. The van der Waals surface area contributed by atoms with Gasteiger partial charge in [-0.05, 0) is 43.6 Å². The van der Waals surface area contributed by atoms with Gasteiger partial charge in [-0.3, -0.25) is 9.69 Å². The summed E-state index contributed by atoms with van der Waals surface area (Å²) in [5.74, 6) is -0.0950. The Morgan fingerprint density at radius 1 is 1.43 bits per heavy atom. The third-order valence-electron chi connectivity index (χ3n) is 4.75. The lowest BCUT2D eigenvalue weighted by molar-refractivity contribution is -0.133. The minimum Gasteiger partial charge on any atom is -0.376 e. The first kappa shape index (κ1) is 13.3. The maximum absolute atomic E-state index is 12.9. The van der Waals surface area contributed by atoms with E-state index in [0.29, 0.717) is 13.0 Å². The van der Waals surface area contributed by atoms with E-state index in [1.54, 1.807) is 11.3 Å². The Bertz CT molecular complexity index is 593. The number of aryl methyl sites for hydroxylation is 1. The zero-order valence-electron chi connectivity index (χ0n) is 11.8. The Balaban J connectivity index is 1.64. The molecular formula is C15H18N2O3S. The minimum absolute atomic E-state index is 0.000357. The second-order valence-corrected chi connectivity index (χ2v) is 7.00. The fraction of sp³-hybridized carbons (Fsp3) is 0.600. The molecule has 112 valence electrons. The molecule has 6 heteroatoms. The molecule has 2 saturated heterocycles. The molecule has 4 rings (SSSR count). The second-order valence-electron chi connectivity index (χ2n) is 6.00. The number of urea groups is 1. The molecule has 5 nitrogen and oxygen atoms in total. The van der Waals surface area contributed by atoms with Crippen molar-refractivity contribution in [1.82, 2.24) is 10.2 Å². The topological polar surface area (TPSA) is 58.6 Å². The van der Waals surface area contributed by atoms with Crippen molar-refractivity contribution >= 4 is 23.3 Å². The highest BCUT2D eigenvalue weighted by Crippen LogP contribution is 2.42. The third kappa shape index (κ3) is 1.92. The first-order valence-corrected chi connectivity index (χ1v) is 8.41. The van der Waals surface area contributed by atoms with Crippen LogP contribution in [0.5, 0.6) is 0 Å². The molecule has 0 aromatic carbocycles. The molecule has 21 heavy (non-hydrogen) atoms. The van der Waals surface area contributed by atoms with Crippen molar-refractivity contribution in [2.75, 3.05) is 13.2 Å². The molecule has 3 heterocycles. The van der Waals surface area contributed by atoms with Crippen LogP contribution in [0.15, 0.2) is 11.4 Å². The van der Waals surface area contributed by atoms with E-state index in [0.717, 1.165) is 37.9 Å². The van der Waals surface area contributed by atoms with Crippen LogP contribution in [0.3, 0.4) is 0 Å². The van der Waals surface area contributed by atoms with Gasteiger partial charge < -0.3 is 10.1 Å². The van der Waals surface area contributed by atoms with Gasteiger partial charge >= 0.3 is 6.03 Å². The zero-order chi connectivity index (χ0) is 14.4. The SMILES string of the molecule is O=C1N[C@@]2(CCCc3sccc32)C(=O)N1C[C@@H]1CCCO1. The first-order valence-electron chi connectivity index (χ1n) is 7.53. The monoisotopic (exact) mass is 306 g/mol. The molecule has 1 aromatic rings. The van der Waals surface area contributed by atoms with Crippen LogP contribution < -0.4 is 5.32 Å². The zero-order valence-corrected chi connectivity index (χ0v) is 12.6. The van der Waals surface area contributed by atoms with E-state index in [1.807, 2.05) is 11.4 Å². The molecule has 1 aromatic heterocycles. The molecule has 2 fully saturated rings. The Hall–Kier alpha value is -1.40. The molecular weight excluding hydrogens is 288 g/mol. The minimum atomic E-state index is -0.816. The van der Waals surface area contributed by atoms with Gasteiger partial charge in [0.2, 0.25) is 0 Å². The summed E-state index contributed by atoms with van der Waals surface area (Å²) in [7, 11) is 0. The smallest absolute Gasteiger partial charge is 0.325 e. The summed E-state index contributed by atoms with van der Waals surface area (Å²) in [6.07, 6.45) is 4.57. The highest BCUT2D eigenvalue weighted by atomic mass is 32.1. The summed E-state index contributed by atoms with van der Waals surface area (Å²) in [5, 5.41) is 4.99. The van der Waals surface area contributed by atoms with E-state index in [2.05, 4.69) is 5.32 Å². The lowest BCUT2D eigenvalue weighted by atomic mass is 9.80. The number of carbonyl (C=O) groups excluding carboxylic acids is 2. The van der Waals surface area contributed by atoms with Crippen LogP contribution in [-0.4, -0.2) is 36.1 Å².